The van der Waals surface area contributed by atoms with Gasteiger partial charge in [-0.3, -0.25) is 19.1 Å². The van der Waals surface area contributed by atoms with Crippen LogP contribution in [0.2, 0.25) is 0 Å². The Morgan fingerprint density at radius 2 is 2.07 bits per heavy atom. The molecule has 2 aromatic heterocycles. The number of aromatic nitrogens is 2. The van der Waals surface area contributed by atoms with E-state index in [-0.39, 0.29) is 11.5 Å². The highest BCUT2D eigenvalue weighted by atomic mass is 32.1. The molecule has 7 nitrogen and oxygen atoms in total. The highest BCUT2D eigenvalue weighted by Crippen LogP contribution is 2.26. The molecule has 0 bridgehead atoms. The molecule has 3 rings (SSSR count). The number of amides is 1. The van der Waals surface area contributed by atoms with E-state index in [9.17, 15) is 9.59 Å². The number of hydrogen-bond acceptors (Lipinski definition) is 6. The summed E-state index contributed by atoms with van der Waals surface area (Å²) in [6.07, 6.45) is 4.45. The summed E-state index contributed by atoms with van der Waals surface area (Å²) >= 11 is 1.30. The van der Waals surface area contributed by atoms with Crippen LogP contribution in [-0.2, 0) is 11.3 Å². The van der Waals surface area contributed by atoms with Crippen LogP contribution in [0.4, 0.5) is 0 Å². The van der Waals surface area contributed by atoms with E-state index in [4.69, 9.17) is 4.74 Å². The van der Waals surface area contributed by atoms with Gasteiger partial charge in [0.05, 0.1) is 29.8 Å². The summed E-state index contributed by atoms with van der Waals surface area (Å²) in [7, 11) is 0. The van der Waals surface area contributed by atoms with Crippen LogP contribution in [-0.4, -0.2) is 59.8 Å². The number of nitrogens with one attached hydrogen (secondary N) is 1. The molecule has 8 heteroatoms. The van der Waals surface area contributed by atoms with Crippen molar-refractivity contribution in [3.8, 4) is 0 Å². The summed E-state index contributed by atoms with van der Waals surface area (Å²) in [5.74, 6) is -0.114. The molecule has 0 radical (unpaired) electrons. The molecule has 1 aliphatic heterocycles. The number of morpholine rings is 1. The van der Waals surface area contributed by atoms with Crippen molar-refractivity contribution < 1.29 is 9.53 Å². The fraction of sp³-hybridized carbons (Fsp3) is 0.632. The second-order valence-corrected chi connectivity index (χ2v) is 7.90. The number of ether oxygens (including phenoxy) is 1. The molecule has 1 N–H and O–H groups in total. The molecule has 1 fully saturated rings. The fourth-order valence-electron chi connectivity index (χ4n) is 3.27. The number of aryl methyl sites for hydroxylation is 2. The molecule has 0 aromatic carbocycles. The summed E-state index contributed by atoms with van der Waals surface area (Å²) in [6, 6.07) is 0. The number of rotatable bonds is 8. The number of hydrogen-bond donors (Lipinski definition) is 1. The Morgan fingerprint density at radius 1 is 1.30 bits per heavy atom. The Kier molecular flexibility index (Phi) is 6.98. The molecule has 3 heterocycles. The minimum absolute atomic E-state index is 0.0476. The standard InChI is InChI=1S/C19H28N4O3S/c1-3-4-8-23-13-21-18-15(19(23)25)14(2)16(27-18)17(24)20-6-5-7-22-9-11-26-12-10-22/h13H,3-12H2,1-2H3,(H,20,24). The third kappa shape index (κ3) is 4.75. The third-order valence-electron chi connectivity index (χ3n) is 4.92. The van der Waals surface area contributed by atoms with E-state index < -0.39 is 0 Å². The zero-order chi connectivity index (χ0) is 19.2. The van der Waals surface area contributed by atoms with Crippen molar-refractivity contribution in [2.24, 2.45) is 0 Å². The van der Waals surface area contributed by atoms with Gasteiger partial charge in [0.25, 0.3) is 11.5 Å². The Bertz CT molecular complexity index is 839. The van der Waals surface area contributed by atoms with Crippen molar-refractivity contribution in [2.45, 2.75) is 39.7 Å². The summed E-state index contributed by atoms with van der Waals surface area (Å²) in [6.45, 7) is 9.67. The van der Waals surface area contributed by atoms with Crippen molar-refractivity contribution in [1.82, 2.24) is 19.8 Å². The van der Waals surface area contributed by atoms with E-state index in [0.29, 0.717) is 28.2 Å². The molecule has 148 valence electrons. The van der Waals surface area contributed by atoms with Crippen LogP contribution in [0.5, 0.6) is 0 Å². The Hall–Kier alpha value is -1.77. The van der Waals surface area contributed by atoms with Gasteiger partial charge in [0.15, 0.2) is 0 Å². The van der Waals surface area contributed by atoms with E-state index in [1.807, 2.05) is 6.92 Å². The van der Waals surface area contributed by atoms with Gasteiger partial charge < -0.3 is 10.1 Å². The molecular formula is C19H28N4O3S. The topological polar surface area (TPSA) is 76.5 Å². The van der Waals surface area contributed by atoms with Crippen LogP contribution in [0.3, 0.4) is 0 Å². The van der Waals surface area contributed by atoms with E-state index in [0.717, 1.165) is 57.7 Å². The quantitative estimate of drug-likeness (QED) is 0.696. The van der Waals surface area contributed by atoms with Gasteiger partial charge in [-0.25, -0.2) is 4.98 Å². The number of carbonyl (C=O) groups excluding carboxylic acids is 1. The van der Waals surface area contributed by atoms with Gasteiger partial charge >= 0.3 is 0 Å². The third-order valence-corrected chi connectivity index (χ3v) is 6.12. The van der Waals surface area contributed by atoms with Gasteiger partial charge in [0.1, 0.15) is 4.83 Å². The largest absolute Gasteiger partial charge is 0.379 e. The monoisotopic (exact) mass is 392 g/mol. The van der Waals surface area contributed by atoms with Gasteiger partial charge in [0.2, 0.25) is 0 Å². The predicted octanol–water partition coefficient (Wildman–Crippen LogP) is 2.02. The van der Waals surface area contributed by atoms with Crippen LogP contribution in [0, 0.1) is 6.92 Å². The average molecular weight is 393 g/mol. The minimum Gasteiger partial charge on any atom is -0.379 e. The van der Waals surface area contributed by atoms with Crippen LogP contribution in [0.15, 0.2) is 11.1 Å². The number of unbranched alkanes of at least 4 members (excludes halogenated alkanes) is 1. The van der Waals surface area contributed by atoms with Gasteiger partial charge in [-0.05, 0) is 31.9 Å². The lowest BCUT2D eigenvalue weighted by molar-refractivity contribution is 0.0374. The highest BCUT2D eigenvalue weighted by molar-refractivity contribution is 7.20. The van der Waals surface area contributed by atoms with Gasteiger partial charge in [-0.2, -0.15) is 0 Å². The second-order valence-electron chi connectivity index (χ2n) is 6.90. The summed E-state index contributed by atoms with van der Waals surface area (Å²) in [5, 5.41) is 3.57. The predicted molar refractivity (Wildman–Crippen MR) is 108 cm³/mol. The molecule has 1 aliphatic rings. The van der Waals surface area contributed by atoms with Gasteiger partial charge in [-0.15, -0.1) is 11.3 Å². The van der Waals surface area contributed by atoms with Crippen molar-refractivity contribution in [3.63, 3.8) is 0 Å². The van der Waals surface area contributed by atoms with Crippen LogP contribution >= 0.6 is 11.3 Å². The van der Waals surface area contributed by atoms with Gasteiger partial charge in [0, 0.05) is 26.2 Å². The normalized spacial score (nSPS) is 15.3. The molecule has 1 saturated heterocycles. The van der Waals surface area contributed by atoms with Crippen molar-refractivity contribution >= 4 is 27.5 Å². The van der Waals surface area contributed by atoms with Crippen molar-refractivity contribution in [2.75, 3.05) is 39.4 Å². The molecule has 0 saturated carbocycles. The van der Waals surface area contributed by atoms with Crippen LogP contribution in [0.1, 0.15) is 41.4 Å². The Morgan fingerprint density at radius 3 is 2.81 bits per heavy atom. The molecular weight excluding hydrogens is 364 g/mol. The number of thiophene rings is 1. The summed E-state index contributed by atoms with van der Waals surface area (Å²) in [4.78, 5) is 33.3. The van der Waals surface area contributed by atoms with Crippen LogP contribution in [0.25, 0.3) is 10.2 Å². The fourth-order valence-corrected chi connectivity index (χ4v) is 4.33. The molecule has 0 unspecified atom stereocenters. The molecule has 0 spiro atoms. The Balaban J connectivity index is 1.63. The van der Waals surface area contributed by atoms with Crippen molar-refractivity contribution in [3.05, 3.63) is 27.1 Å². The Labute approximate surface area is 163 Å². The van der Waals surface area contributed by atoms with E-state index in [1.54, 1.807) is 10.9 Å². The number of fused-ring (bicyclic) bond motifs is 1. The number of carbonyl (C=O) groups is 1. The second kappa shape index (κ2) is 9.43. The minimum atomic E-state index is -0.114. The smallest absolute Gasteiger partial charge is 0.262 e. The first-order valence-corrected chi connectivity index (χ1v) is 10.5. The maximum Gasteiger partial charge on any atom is 0.262 e. The van der Waals surface area contributed by atoms with E-state index in [1.165, 1.54) is 11.3 Å². The zero-order valence-electron chi connectivity index (χ0n) is 16.1. The first-order valence-electron chi connectivity index (χ1n) is 9.68. The summed E-state index contributed by atoms with van der Waals surface area (Å²) in [5.41, 5.74) is 0.692. The lowest BCUT2D eigenvalue weighted by Crippen LogP contribution is -2.38. The lowest BCUT2D eigenvalue weighted by atomic mass is 10.2. The SMILES string of the molecule is CCCCn1cnc2sc(C(=O)NCCCN3CCOCC3)c(C)c2c1=O. The number of nitrogens with zero attached hydrogens (tertiary/aromatic N) is 3. The van der Waals surface area contributed by atoms with Crippen molar-refractivity contribution in [1.29, 1.82) is 0 Å². The molecule has 1 amide bonds. The first kappa shape index (κ1) is 20.0. The van der Waals surface area contributed by atoms with E-state index >= 15 is 0 Å². The molecule has 2 aromatic rings. The molecule has 0 aliphatic carbocycles. The maximum atomic E-state index is 12.7. The average Bonchev–Trinajstić information content (AvgIpc) is 3.03. The highest BCUT2D eigenvalue weighted by Gasteiger charge is 2.19. The molecule has 27 heavy (non-hydrogen) atoms. The summed E-state index contributed by atoms with van der Waals surface area (Å²) < 4.78 is 6.99. The lowest BCUT2D eigenvalue weighted by Gasteiger charge is -2.26. The maximum absolute atomic E-state index is 12.7. The van der Waals surface area contributed by atoms with Gasteiger partial charge in [-0.1, -0.05) is 13.3 Å². The zero-order valence-corrected chi connectivity index (χ0v) is 16.9. The first-order chi connectivity index (χ1) is 13.1. The van der Waals surface area contributed by atoms with E-state index in [2.05, 4.69) is 22.1 Å². The van der Waals surface area contributed by atoms with Crippen LogP contribution < -0.4 is 10.9 Å². The molecule has 0 atom stereocenters.